The minimum Gasteiger partial charge on any atom is -0.478 e. The average Bonchev–Trinajstić information content (AvgIpc) is 3.29. The molecule has 5 rings (SSSR count). The molecule has 0 spiro atoms. The highest BCUT2D eigenvalue weighted by atomic mass is 19.4. The first-order chi connectivity index (χ1) is 20.4. The van der Waals surface area contributed by atoms with Gasteiger partial charge < -0.3 is 10.4 Å². The first kappa shape index (κ1) is 29.6. The standard InChI is InChI=1S/C34H30F3N3O3/c1-20(2)24-7-6-8-25(17-24)31(34(35,36)37)38-32(41)26-15-16-30-29(18-26)21(3)39-40(30)19-22-11-13-23(14-12-22)27-9-4-5-10-28(27)33(42)43/h4-18,20,31H,19H2,1-3H3,(H,38,41)(H,42,43)/t31-/m1/s1. The highest BCUT2D eigenvalue weighted by Gasteiger charge is 2.42. The lowest BCUT2D eigenvalue weighted by molar-refractivity contribution is -0.155. The molecule has 0 radical (unpaired) electrons. The van der Waals surface area contributed by atoms with Crippen LogP contribution in [0.3, 0.4) is 0 Å². The van der Waals surface area contributed by atoms with Crippen LogP contribution in [0.1, 0.15) is 68.9 Å². The Kier molecular flexibility index (Phi) is 8.08. The van der Waals surface area contributed by atoms with Crippen molar-refractivity contribution in [3.63, 3.8) is 0 Å². The van der Waals surface area contributed by atoms with Gasteiger partial charge in [0.1, 0.15) is 0 Å². The number of aromatic carboxylic acids is 1. The maximum Gasteiger partial charge on any atom is 0.412 e. The molecule has 0 fully saturated rings. The van der Waals surface area contributed by atoms with Crippen molar-refractivity contribution >= 4 is 22.8 Å². The van der Waals surface area contributed by atoms with E-state index < -0.39 is 24.1 Å². The lowest BCUT2D eigenvalue weighted by atomic mass is 9.97. The van der Waals surface area contributed by atoms with E-state index in [4.69, 9.17) is 0 Å². The van der Waals surface area contributed by atoms with Crippen LogP contribution in [0.5, 0.6) is 0 Å². The topological polar surface area (TPSA) is 84.2 Å². The van der Waals surface area contributed by atoms with E-state index in [9.17, 15) is 27.9 Å². The number of halogens is 3. The number of aromatic nitrogens is 2. The fourth-order valence-corrected chi connectivity index (χ4v) is 5.15. The SMILES string of the molecule is Cc1nn(Cc2ccc(-c3ccccc3C(=O)O)cc2)c2ccc(C(=O)N[C@H](c3cccc(C(C)C)c3)C(F)(F)F)cc12. The number of aryl methyl sites for hydroxylation is 1. The second-order valence-corrected chi connectivity index (χ2v) is 10.8. The van der Waals surface area contributed by atoms with E-state index in [-0.39, 0.29) is 22.6 Å². The van der Waals surface area contributed by atoms with E-state index in [0.717, 1.165) is 22.2 Å². The quantitative estimate of drug-likeness (QED) is 0.194. The lowest BCUT2D eigenvalue weighted by Gasteiger charge is -2.23. The summed E-state index contributed by atoms with van der Waals surface area (Å²) in [5, 5.41) is 17.0. The van der Waals surface area contributed by atoms with Gasteiger partial charge in [0, 0.05) is 10.9 Å². The minimum atomic E-state index is -4.68. The molecule has 5 aromatic rings. The Labute approximate surface area is 246 Å². The number of fused-ring (bicyclic) bond motifs is 1. The van der Waals surface area contributed by atoms with Gasteiger partial charge in [-0.25, -0.2) is 4.79 Å². The second kappa shape index (κ2) is 11.8. The number of carbonyl (C=O) groups excluding carboxylic acids is 1. The van der Waals surface area contributed by atoms with E-state index in [1.54, 1.807) is 60.1 Å². The number of nitrogens with zero attached hydrogens (tertiary/aromatic N) is 2. The number of rotatable bonds is 8. The number of carboxylic acids is 1. The summed E-state index contributed by atoms with van der Waals surface area (Å²) in [4.78, 5) is 24.7. The van der Waals surface area contributed by atoms with Crippen molar-refractivity contribution in [2.24, 2.45) is 0 Å². The Morgan fingerprint density at radius 3 is 2.28 bits per heavy atom. The number of benzene rings is 4. The van der Waals surface area contributed by atoms with Crippen LogP contribution in [0.2, 0.25) is 0 Å². The molecule has 4 aromatic carbocycles. The number of amides is 1. The fraction of sp³-hybridized carbons (Fsp3) is 0.206. The van der Waals surface area contributed by atoms with Gasteiger partial charge in [0.05, 0.1) is 23.3 Å². The molecule has 1 heterocycles. The normalized spacial score (nSPS) is 12.4. The van der Waals surface area contributed by atoms with Gasteiger partial charge in [-0.05, 0) is 64.9 Å². The summed E-state index contributed by atoms with van der Waals surface area (Å²) >= 11 is 0. The molecule has 6 nitrogen and oxygen atoms in total. The van der Waals surface area contributed by atoms with Crippen molar-refractivity contribution in [2.45, 2.75) is 45.5 Å². The van der Waals surface area contributed by atoms with Gasteiger partial charge in [-0.1, -0.05) is 80.6 Å². The molecular formula is C34H30F3N3O3. The molecule has 0 unspecified atom stereocenters. The summed E-state index contributed by atoms with van der Waals surface area (Å²) < 4.78 is 44.0. The largest absolute Gasteiger partial charge is 0.478 e. The van der Waals surface area contributed by atoms with Gasteiger partial charge in [-0.2, -0.15) is 18.3 Å². The third kappa shape index (κ3) is 6.30. The molecule has 0 aliphatic heterocycles. The Balaban J connectivity index is 1.38. The smallest absolute Gasteiger partial charge is 0.412 e. The first-order valence-corrected chi connectivity index (χ1v) is 13.8. The highest BCUT2D eigenvalue weighted by Crippen LogP contribution is 2.34. The van der Waals surface area contributed by atoms with Crippen LogP contribution in [0.4, 0.5) is 13.2 Å². The van der Waals surface area contributed by atoms with Crippen LogP contribution in [0, 0.1) is 6.92 Å². The zero-order valence-electron chi connectivity index (χ0n) is 23.8. The second-order valence-electron chi connectivity index (χ2n) is 10.8. The highest BCUT2D eigenvalue weighted by molar-refractivity contribution is 5.99. The van der Waals surface area contributed by atoms with Crippen LogP contribution in [-0.2, 0) is 6.54 Å². The molecule has 9 heteroatoms. The van der Waals surface area contributed by atoms with Gasteiger partial charge in [-0.3, -0.25) is 9.48 Å². The van der Waals surface area contributed by atoms with Gasteiger partial charge in [0.2, 0.25) is 0 Å². The molecule has 43 heavy (non-hydrogen) atoms. The molecule has 2 N–H and O–H groups in total. The zero-order valence-corrected chi connectivity index (χ0v) is 23.8. The van der Waals surface area contributed by atoms with E-state index in [1.807, 2.05) is 38.1 Å². The molecule has 0 aliphatic carbocycles. The molecule has 1 atom stereocenters. The molecule has 0 bridgehead atoms. The first-order valence-electron chi connectivity index (χ1n) is 13.8. The predicted octanol–water partition coefficient (Wildman–Crippen LogP) is 7.92. The molecule has 220 valence electrons. The number of alkyl halides is 3. The summed E-state index contributed by atoms with van der Waals surface area (Å²) in [6.07, 6.45) is -4.68. The number of nitrogens with one attached hydrogen (secondary N) is 1. The average molecular weight is 586 g/mol. The zero-order chi connectivity index (χ0) is 30.9. The van der Waals surface area contributed by atoms with Gasteiger partial charge in [0.15, 0.2) is 6.04 Å². The van der Waals surface area contributed by atoms with Crippen LogP contribution >= 0.6 is 0 Å². The molecular weight excluding hydrogens is 555 g/mol. The minimum absolute atomic E-state index is 0.0189. The Morgan fingerprint density at radius 1 is 0.907 bits per heavy atom. The van der Waals surface area contributed by atoms with Crippen LogP contribution in [0.25, 0.3) is 22.0 Å². The van der Waals surface area contributed by atoms with Gasteiger partial charge in [-0.15, -0.1) is 0 Å². The summed E-state index contributed by atoms with van der Waals surface area (Å²) in [5.41, 5.74) is 4.72. The Morgan fingerprint density at radius 2 is 1.60 bits per heavy atom. The van der Waals surface area contributed by atoms with Crippen molar-refractivity contribution in [2.75, 3.05) is 0 Å². The monoisotopic (exact) mass is 585 g/mol. The maximum atomic E-state index is 14.1. The third-order valence-corrected chi connectivity index (χ3v) is 7.47. The van der Waals surface area contributed by atoms with Crippen LogP contribution < -0.4 is 5.32 Å². The van der Waals surface area contributed by atoms with E-state index in [2.05, 4.69) is 10.4 Å². The third-order valence-electron chi connectivity index (χ3n) is 7.47. The number of hydrogen-bond acceptors (Lipinski definition) is 3. The molecule has 0 aliphatic rings. The summed E-state index contributed by atoms with van der Waals surface area (Å²) in [7, 11) is 0. The predicted molar refractivity (Wildman–Crippen MR) is 159 cm³/mol. The van der Waals surface area contributed by atoms with Gasteiger partial charge >= 0.3 is 12.1 Å². The van der Waals surface area contributed by atoms with E-state index in [1.165, 1.54) is 18.2 Å². The lowest BCUT2D eigenvalue weighted by Crippen LogP contribution is -2.38. The van der Waals surface area contributed by atoms with Crippen molar-refractivity contribution in [3.8, 4) is 11.1 Å². The molecule has 0 saturated heterocycles. The van der Waals surface area contributed by atoms with Crippen molar-refractivity contribution in [3.05, 3.63) is 125 Å². The Hall–Kier alpha value is -4.92. The number of hydrogen-bond donors (Lipinski definition) is 2. The van der Waals surface area contributed by atoms with Crippen LogP contribution in [-0.4, -0.2) is 32.9 Å². The molecule has 1 amide bonds. The van der Waals surface area contributed by atoms with E-state index >= 15 is 0 Å². The summed E-state index contributed by atoms with van der Waals surface area (Å²) in [6, 6.07) is 23.1. The van der Waals surface area contributed by atoms with Crippen molar-refractivity contribution in [1.82, 2.24) is 15.1 Å². The van der Waals surface area contributed by atoms with E-state index in [0.29, 0.717) is 23.2 Å². The summed E-state index contributed by atoms with van der Waals surface area (Å²) in [5.74, 6) is -1.79. The molecule has 1 aromatic heterocycles. The van der Waals surface area contributed by atoms with Crippen LogP contribution in [0.15, 0.2) is 91.0 Å². The van der Waals surface area contributed by atoms with Gasteiger partial charge in [0.25, 0.3) is 5.91 Å². The van der Waals surface area contributed by atoms with Crippen molar-refractivity contribution in [1.29, 1.82) is 0 Å². The fourth-order valence-electron chi connectivity index (χ4n) is 5.15. The maximum absolute atomic E-state index is 14.1. The van der Waals surface area contributed by atoms with Crippen molar-refractivity contribution < 1.29 is 27.9 Å². The number of carbonyl (C=O) groups is 2. The number of carboxylic acid groups (broad SMARTS) is 1. The Bertz CT molecular complexity index is 1810. The summed E-state index contributed by atoms with van der Waals surface area (Å²) in [6.45, 7) is 5.98. The molecule has 0 saturated carbocycles.